The van der Waals surface area contributed by atoms with Crippen LogP contribution in [0.5, 0.6) is 0 Å². The van der Waals surface area contributed by atoms with Crippen LogP contribution in [-0.4, -0.2) is 4.98 Å². The second kappa shape index (κ2) is 3.07. The number of aromatic nitrogens is 1. The molecule has 0 aromatic carbocycles. The van der Waals surface area contributed by atoms with E-state index in [1.807, 2.05) is 0 Å². The molecule has 1 saturated carbocycles. The third kappa shape index (κ3) is 1.92. The Kier molecular flexibility index (Phi) is 2.18. The minimum atomic E-state index is 0.207. The van der Waals surface area contributed by atoms with E-state index >= 15 is 0 Å². The van der Waals surface area contributed by atoms with Gasteiger partial charge in [0.25, 0.3) is 0 Å². The summed E-state index contributed by atoms with van der Waals surface area (Å²) >= 11 is 0. The molecule has 0 atom stereocenters. The van der Waals surface area contributed by atoms with Crippen molar-refractivity contribution in [1.29, 1.82) is 0 Å². The van der Waals surface area contributed by atoms with Crippen molar-refractivity contribution in [2.75, 3.05) is 0 Å². The molecule has 1 nitrogen and oxygen atoms in total. The van der Waals surface area contributed by atoms with Crippen LogP contribution in [0, 0.1) is 6.92 Å². The topological polar surface area (TPSA) is 12.9 Å². The van der Waals surface area contributed by atoms with Crippen molar-refractivity contribution in [2.24, 2.45) is 0 Å². The van der Waals surface area contributed by atoms with Crippen LogP contribution >= 0.6 is 0 Å². The van der Waals surface area contributed by atoms with Gasteiger partial charge >= 0.3 is 0 Å². The summed E-state index contributed by atoms with van der Waals surface area (Å²) in [6.07, 6.45) is 4.71. The van der Waals surface area contributed by atoms with Crippen molar-refractivity contribution in [3.8, 4) is 0 Å². The van der Waals surface area contributed by atoms with E-state index in [1.165, 1.54) is 29.7 Å². The molecule has 1 aromatic heterocycles. The minimum absolute atomic E-state index is 0.207. The van der Waals surface area contributed by atoms with Gasteiger partial charge in [-0.1, -0.05) is 33.8 Å². The van der Waals surface area contributed by atoms with Gasteiger partial charge in [-0.15, -0.1) is 0 Å². The largest absolute Gasteiger partial charge is 0.261 e. The first-order chi connectivity index (χ1) is 6.83. The van der Waals surface area contributed by atoms with Crippen LogP contribution in [0.2, 0.25) is 0 Å². The number of nitrogens with zero attached hydrogens (tertiary/aromatic N) is 1. The van der Waals surface area contributed by atoms with Crippen LogP contribution in [-0.2, 0) is 10.8 Å². The van der Waals surface area contributed by atoms with Gasteiger partial charge in [-0.3, -0.25) is 4.98 Å². The third-order valence-corrected chi connectivity index (χ3v) is 3.59. The highest BCUT2D eigenvalue weighted by molar-refractivity contribution is 5.36. The highest BCUT2D eigenvalue weighted by Gasteiger charge is 2.39. The van der Waals surface area contributed by atoms with Gasteiger partial charge in [0.2, 0.25) is 0 Å². The zero-order valence-electron chi connectivity index (χ0n) is 10.5. The summed E-state index contributed by atoms with van der Waals surface area (Å²) in [6, 6.07) is 2.37. The average molecular weight is 203 g/mol. The lowest BCUT2D eigenvalue weighted by Crippen LogP contribution is -2.16. The second-order valence-electron chi connectivity index (χ2n) is 6.17. The maximum absolute atomic E-state index is 4.55. The summed E-state index contributed by atoms with van der Waals surface area (Å²) in [7, 11) is 0. The quantitative estimate of drug-likeness (QED) is 0.677. The number of rotatable bonds is 1. The summed E-state index contributed by atoms with van der Waals surface area (Å²) in [5.41, 5.74) is 4.64. The second-order valence-corrected chi connectivity index (χ2v) is 6.17. The van der Waals surface area contributed by atoms with Crippen molar-refractivity contribution >= 4 is 0 Å². The normalized spacial score (nSPS) is 19.0. The number of aryl methyl sites for hydroxylation is 1. The summed E-state index contributed by atoms with van der Waals surface area (Å²) in [5, 5.41) is 0. The van der Waals surface area contributed by atoms with E-state index < -0.39 is 0 Å². The fraction of sp³-hybridized carbons (Fsp3) is 0.643. The molecule has 15 heavy (non-hydrogen) atoms. The van der Waals surface area contributed by atoms with Gasteiger partial charge in [-0.2, -0.15) is 0 Å². The maximum Gasteiger partial charge on any atom is 0.0410 e. The fourth-order valence-electron chi connectivity index (χ4n) is 2.10. The third-order valence-electron chi connectivity index (χ3n) is 3.59. The van der Waals surface area contributed by atoms with Gasteiger partial charge in [-0.25, -0.2) is 0 Å². The molecule has 0 N–H and O–H groups in total. The smallest absolute Gasteiger partial charge is 0.0410 e. The van der Waals surface area contributed by atoms with Gasteiger partial charge in [0.15, 0.2) is 0 Å². The SMILES string of the molecule is Cc1ncc(C2(C)CC2)cc1C(C)(C)C. The Hall–Kier alpha value is -0.850. The lowest BCUT2D eigenvalue weighted by atomic mass is 9.84. The van der Waals surface area contributed by atoms with Crippen molar-refractivity contribution in [2.45, 2.75) is 58.3 Å². The standard InChI is InChI=1S/C14H21N/c1-10-12(13(2,3)4)8-11(9-15-10)14(5)6-7-14/h8-9H,6-7H2,1-5H3. The molecule has 1 aliphatic carbocycles. The molecule has 1 fully saturated rings. The number of hydrogen-bond acceptors (Lipinski definition) is 1. The molecule has 1 aromatic rings. The first-order valence-electron chi connectivity index (χ1n) is 5.80. The average Bonchev–Trinajstić information content (AvgIpc) is 2.83. The number of pyridine rings is 1. The molecule has 0 aliphatic heterocycles. The monoisotopic (exact) mass is 203 g/mol. The van der Waals surface area contributed by atoms with Crippen molar-refractivity contribution in [1.82, 2.24) is 4.98 Å². The zero-order valence-corrected chi connectivity index (χ0v) is 10.5. The number of hydrogen-bond donors (Lipinski definition) is 0. The van der Waals surface area contributed by atoms with Crippen LogP contribution in [0.15, 0.2) is 12.3 Å². The van der Waals surface area contributed by atoms with Crippen LogP contribution < -0.4 is 0 Å². The van der Waals surface area contributed by atoms with Crippen LogP contribution in [0.4, 0.5) is 0 Å². The van der Waals surface area contributed by atoms with Gasteiger partial charge in [0.05, 0.1) is 0 Å². The predicted octanol–water partition coefficient (Wildman–Crippen LogP) is 3.74. The van der Waals surface area contributed by atoms with Gasteiger partial charge < -0.3 is 0 Å². The van der Waals surface area contributed by atoms with E-state index in [-0.39, 0.29) is 5.41 Å². The lowest BCUT2D eigenvalue weighted by Gasteiger charge is -2.23. The van der Waals surface area contributed by atoms with E-state index in [0.717, 1.165) is 0 Å². The molecule has 1 heterocycles. The minimum Gasteiger partial charge on any atom is -0.261 e. The van der Waals surface area contributed by atoms with E-state index in [9.17, 15) is 0 Å². The van der Waals surface area contributed by atoms with Gasteiger partial charge in [0.1, 0.15) is 0 Å². The Labute approximate surface area is 92.9 Å². The van der Waals surface area contributed by atoms with E-state index in [0.29, 0.717) is 5.41 Å². The van der Waals surface area contributed by atoms with Gasteiger partial charge in [-0.05, 0) is 41.7 Å². The van der Waals surface area contributed by atoms with Crippen LogP contribution in [0.3, 0.4) is 0 Å². The molecular weight excluding hydrogens is 182 g/mol. The highest BCUT2D eigenvalue weighted by Crippen LogP contribution is 2.48. The van der Waals surface area contributed by atoms with Crippen LogP contribution in [0.25, 0.3) is 0 Å². The first-order valence-corrected chi connectivity index (χ1v) is 5.80. The lowest BCUT2D eigenvalue weighted by molar-refractivity contribution is 0.579. The molecule has 0 bridgehead atoms. The first kappa shape index (κ1) is 10.7. The predicted molar refractivity (Wildman–Crippen MR) is 64.3 cm³/mol. The van der Waals surface area contributed by atoms with E-state index in [2.05, 4.69) is 51.9 Å². The Bertz CT molecular complexity index is 381. The van der Waals surface area contributed by atoms with Gasteiger partial charge in [0, 0.05) is 11.9 Å². The molecule has 2 rings (SSSR count). The zero-order chi connectivity index (χ0) is 11.3. The Morgan fingerprint density at radius 1 is 1.27 bits per heavy atom. The van der Waals surface area contributed by atoms with Crippen LogP contribution in [0.1, 0.15) is 57.4 Å². The summed E-state index contributed by atoms with van der Waals surface area (Å²) in [4.78, 5) is 4.55. The molecular formula is C14H21N. The molecule has 1 aliphatic rings. The fourth-order valence-corrected chi connectivity index (χ4v) is 2.10. The van der Waals surface area contributed by atoms with E-state index in [1.54, 1.807) is 0 Å². The molecule has 0 unspecified atom stereocenters. The van der Waals surface area contributed by atoms with Crippen molar-refractivity contribution in [3.63, 3.8) is 0 Å². The molecule has 0 amide bonds. The molecule has 0 radical (unpaired) electrons. The summed E-state index contributed by atoms with van der Waals surface area (Å²) in [6.45, 7) is 11.2. The molecule has 0 saturated heterocycles. The Morgan fingerprint density at radius 2 is 1.87 bits per heavy atom. The van der Waals surface area contributed by atoms with E-state index in [4.69, 9.17) is 0 Å². The summed E-state index contributed by atoms with van der Waals surface area (Å²) < 4.78 is 0. The van der Waals surface area contributed by atoms with Crippen molar-refractivity contribution in [3.05, 3.63) is 29.1 Å². The molecule has 82 valence electrons. The molecule has 0 spiro atoms. The molecule has 1 heteroatoms. The Morgan fingerprint density at radius 3 is 2.33 bits per heavy atom. The van der Waals surface area contributed by atoms with Crippen molar-refractivity contribution < 1.29 is 0 Å². The maximum atomic E-state index is 4.55. The summed E-state index contributed by atoms with van der Waals surface area (Å²) in [5.74, 6) is 0. The highest BCUT2D eigenvalue weighted by atomic mass is 14.7. The Balaban J connectivity index is 2.46.